The fourth-order valence-corrected chi connectivity index (χ4v) is 5.17. The highest BCUT2D eigenvalue weighted by Gasteiger charge is 2.31. The molecule has 0 atom stereocenters. The van der Waals surface area contributed by atoms with Crippen molar-refractivity contribution in [2.75, 3.05) is 0 Å². The standard InChI is InChI=1S/C24H36/c1-4-5-6-20-8-11-21(12-9-20)22-13-15-23(16-14-22)24-10-7-18(2)19(3)17-24/h4-5,7,10,17,20-23H,6,8-9,11-16H2,1-3H3/b5-4+. The van der Waals surface area contributed by atoms with E-state index in [2.05, 4.69) is 51.1 Å². The zero-order valence-electron chi connectivity index (χ0n) is 16.1. The highest BCUT2D eigenvalue weighted by Crippen LogP contribution is 2.44. The summed E-state index contributed by atoms with van der Waals surface area (Å²) in [5, 5.41) is 0. The Labute approximate surface area is 149 Å². The van der Waals surface area contributed by atoms with Crippen LogP contribution >= 0.6 is 0 Å². The Morgan fingerprint density at radius 3 is 2.04 bits per heavy atom. The van der Waals surface area contributed by atoms with Crippen molar-refractivity contribution in [3.8, 4) is 0 Å². The lowest BCUT2D eigenvalue weighted by Crippen LogP contribution is -2.25. The summed E-state index contributed by atoms with van der Waals surface area (Å²) in [6, 6.07) is 7.16. The van der Waals surface area contributed by atoms with Gasteiger partial charge in [0.15, 0.2) is 0 Å². The van der Waals surface area contributed by atoms with Crippen molar-refractivity contribution in [1.29, 1.82) is 0 Å². The van der Waals surface area contributed by atoms with Gasteiger partial charge in [0.2, 0.25) is 0 Å². The average molecular weight is 325 g/mol. The van der Waals surface area contributed by atoms with Gasteiger partial charge in [0.1, 0.15) is 0 Å². The molecule has 132 valence electrons. The van der Waals surface area contributed by atoms with Gasteiger partial charge in [0, 0.05) is 0 Å². The van der Waals surface area contributed by atoms with E-state index >= 15 is 0 Å². The molecule has 0 bridgehead atoms. The van der Waals surface area contributed by atoms with Crippen LogP contribution in [0.4, 0.5) is 0 Å². The summed E-state index contributed by atoms with van der Waals surface area (Å²) >= 11 is 0. The SMILES string of the molecule is C/C=C/CC1CCC(C2CCC(c3ccc(C)c(C)c3)CC2)CC1. The second-order valence-corrected chi connectivity index (χ2v) is 8.54. The highest BCUT2D eigenvalue weighted by molar-refractivity contribution is 5.32. The van der Waals surface area contributed by atoms with E-state index in [1.165, 1.54) is 68.9 Å². The molecule has 1 aromatic rings. The van der Waals surface area contributed by atoms with E-state index in [4.69, 9.17) is 0 Å². The minimum Gasteiger partial charge on any atom is -0.0917 e. The third-order valence-corrected chi connectivity index (χ3v) is 7.04. The molecule has 0 aliphatic heterocycles. The van der Waals surface area contributed by atoms with Crippen LogP contribution in [0.5, 0.6) is 0 Å². The van der Waals surface area contributed by atoms with Crippen LogP contribution in [0.1, 0.15) is 87.3 Å². The Bertz CT molecular complexity index is 537. The van der Waals surface area contributed by atoms with Gasteiger partial charge in [0.25, 0.3) is 0 Å². The van der Waals surface area contributed by atoms with E-state index in [0.29, 0.717) is 0 Å². The summed E-state index contributed by atoms with van der Waals surface area (Å²) in [7, 11) is 0. The molecule has 0 N–H and O–H groups in total. The first-order chi connectivity index (χ1) is 11.7. The molecule has 2 aliphatic rings. The molecule has 0 unspecified atom stereocenters. The lowest BCUT2D eigenvalue weighted by Gasteiger charge is -2.38. The Balaban J connectivity index is 1.48. The van der Waals surface area contributed by atoms with Gasteiger partial charge < -0.3 is 0 Å². The highest BCUT2D eigenvalue weighted by atomic mass is 14.4. The molecular formula is C24H36. The zero-order chi connectivity index (χ0) is 16.9. The number of hydrogen-bond acceptors (Lipinski definition) is 0. The van der Waals surface area contributed by atoms with Crippen LogP contribution in [0.25, 0.3) is 0 Å². The van der Waals surface area contributed by atoms with Crippen molar-refractivity contribution < 1.29 is 0 Å². The molecule has 0 heteroatoms. The van der Waals surface area contributed by atoms with Gasteiger partial charge >= 0.3 is 0 Å². The Kier molecular flexibility index (Phi) is 6.19. The summed E-state index contributed by atoms with van der Waals surface area (Å²) in [6.07, 6.45) is 17.7. The van der Waals surface area contributed by atoms with Crippen LogP contribution in [0, 0.1) is 31.6 Å². The van der Waals surface area contributed by atoms with Crippen LogP contribution in [-0.2, 0) is 0 Å². The minimum absolute atomic E-state index is 0.826. The smallest absolute Gasteiger partial charge is 0.0162 e. The van der Waals surface area contributed by atoms with Gasteiger partial charge in [-0.1, -0.05) is 30.4 Å². The number of allylic oxidation sites excluding steroid dienone is 2. The van der Waals surface area contributed by atoms with Gasteiger partial charge in [-0.25, -0.2) is 0 Å². The molecule has 0 amide bonds. The molecule has 0 nitrogen and oxygen atoms in total. The molecule has 0 spiro atoms. The molecule has 1 aromatic carbocycles. The maximum Gasteiger partial charge on any atom is -0.0162 e. The third-order valence-electron chi connectivity index (χ3n) is 7.04. The Morgan fingerprint density at radius 1 is 0.833 bits per heavy atom. The molecule has 0 heterocycles. The molecule has 3 rings (SSSR count). The van der Waals surface area contributed by atoms with Gasteiger partial charge in [-0.05, 0) is 119 Å². The molecule has 2 aliphatic carbocycles. The fraction of sp³-hybridized carbons (Fsp3) is 0.667. The fourth-order valence-electron chi connectivity index (χ4n) is 5.17. The van der Waals surface area contributed by atoms with Gasteiger partial charge in [-0.3, -0.25) is 0 Å². The van der Waals surface area contributed by atoms with Gasteiger partial charge in [-0.2, -0.15) is 0 Å². The predicted octanol–water partition coefficient (Wildman–Crippen LogP) is 7.35. The van der Waals surface area contributed by atoms with E-state index in [9.17, 15) is 0 Å². The van der Waals surface area contributed by atoms with Crippen LogP contribution in [-0.4, -0.2) is 0 Å². The summed E-state index contributed by atoms with van der Waals surface area (Å²) in [5.74, 6) is 3.86. The first-order valence-electron chi connectivity index (χ1n) is 10.4. The molecular weight excluding hydrogens is 288 g/mol. The summed E-state index contributed by atoms with van der Waals surface area (Å²) in [4.78, 5) is 0. The van der Waals surface area contributed by atoms with Crippen molar-refractivity contribution in [3.63, 3.8) is 0 Å². The summed E-state index contributed by atoms with van der Waals surface area (Å²) in [6.45, 7) is 6.64. The quantitative estimate of drug-likeness (QED) is 0.508. The third kappa shape index (κ3) is 4.32. The monoisotopic (exact) mass is 324 g/mol. The lowest BCUT2D eigenvalue weighted by atomic mass is 9.68. The van der Waals surface area contributed by atoms with Crippen molar-refractivity contribution in [2.45, 2.75) is 84.5 Å². The minimum atomic E-state index is 0.826. The molecule has 0 aromatic heterocycles. The van der Waals surface area contributed by atoms with Crippen LogP contribution in [0.2, 0.25) is 0 Å². The number of rotatable bonds is 4. The van der Waals surface area contributed by atoms with E-state index in [1.54, 1.807) is 5.56 Å². The maximum atomic E-state index is 2.45. The second kappa shape index (κ2) is 8.37. The van der Waals surface area contributed by atoms with Gasteiger partial charge in [-0.15, -0.1) is 0 Å². The van der Waals surface area contributed by atoms with E-state index in [0.717, 1.165) is 23.7 Å². The molecule has 2 fully saturated rings. The topological polar surface area (TPSA) is 0 Å². The molecule has 24 heavy (non-hydrogen) atoms. The number of benzene rings is 1. The lowest BCUT2D eigenvalue weighted by molar-refractivity contribution is 0.160. The predicted molar refractivity (Wildman–Crippen MR) is 105 cm³/mol. The molecule has 0 radical (unpaired) electrons. The number of hydrogen-bond donors (Lipinski definition) is 0. The first-order valence-corrected chi connectivity index (χ1v) is 10.4. The average Bonchev–Trinajstić information content (AvgIpc) is 2.63. The number of aryl methyl sites for hydroxylation is 2. The second-order valence-electron chi connectivity index (χ2n) is 8.54. The van der Waals surface area contributed by atoms with Crippen LogP contribution in [0.15, 0.2) is 30.4 Å². The summed E-state index contributed by atoms with van der Waals surface area (Å²) < 4.78 is 0. The van der Waals surface area contributed by atoms with Gasteiger partial charge in [0.05, 0.1) is 0 Å². The van der Waals surface area contributed by atoms with E-state index < -0.39 is 0 Å². The zero-order valence-corrected chi connectivity index (χ0v) is 16.1. The Morgan fingerprint density at radius 2 is 1.46 bits per heavy atom. The van der Waals surface area contributed by atoms with Crippen molar-refractivity contribution in [2.24, 2.45) is 17.8 Å². The Hall–Kier alpha value is -1.04. The van der Waals surface area contributed by atoms with Crippen molar-refractivity contribution in [1.82, 2.24) is 0 Å². The summed E-state index contributed by atoms with van der Waals surface area (Å²) in [5.41, 5.74) is 4.50. The van der Waals surface area contributed by atoms with Crippen molar-refractivity contribution >= 4 is 0 Å². The van der Waals surface area contributed by atoms with E-state index in [1.807, 2.05) is 0 Å². The molecule has 2 saturated carbocycles. The first kappa shape index (κ1) is 17.8. The molecule has 0 saturated heterocycles. The van der Waals surface area contributed by atoms with E-state index in [-0.39, 0.29) is 0 Å². The van der Waals surface area contributed by atoms with Crippen molar-refractivity contribution in [3.05, 3.63) is 47.0 Å². The van der Waals surface area contributed by atoms with Crippen LogP contribution < -0.4 is 0 Å². The maximum absolute atomic E-state index is 2.45. The normalized spacial score (nSPS) is 31.5. The van der Waals surface area contributed by atoms with Crippen LogP contribution in [0.3, 0.4) is 0 Å². The largest absolute Gasteiger partial charge is 0.0917 e.